The molecule has 6 bridgehead atoms. The lowest BCUT2D eigenvalue weighted by atomic mass is 9.91. The van der Waals surface area contributed by atoms with E-state index >= 15 is 4.39 Å². The normalized spacial score (nSPS) is 19.6. The van der Waals surface area contributed by atoms with Crippen LogP contribution in [0, 0.1) is 12.7 Å². The summed E-state index contributed by atoms with van der Waals surface area (Å²) >= 11 is 0. The van der Waals surface area contributed by atoms with Crippen molar-refractivity contribution < 1.29 is 28.9 Å². The molecule has 49 heavy (non-hydrogen) atoms. The van der Waals surface area contributed by atoms with Gasteiger partial charge in [-0.25, -0.2) is 8.91 Å². The molecule has 8 nitrogen and oxygen atoms in total. The van der Waals surface area contributed by atoms with E-state index in [0.29, 0.717) is 23.5 Å². The first-order chi connectivity index (χ1) is 23.2. The number of fused-ring (bicyclic) bond motifs is 8. The number of benzene rings is 2. The van der Waals surface area contributed by atoms with Crippen molar-refractivity contribution in [2.45, 2.75) is 111 Å². The van der Waals surface area contributed by atoms with Gasteiger partial charge in [-0.15, -0.1) is 0 Å². The molecule has 0 saturated carbocycles. The minimum atomic E-state index is -0.861. The lowest BCUT2D eigenvalue weighted by molar-refractivity contribution is -0.136. The van der Waals surface area contributed by atoms with Crippen LogP contribution in [0.15, 0.2) is 54.7 Å². The maximum Gasteiger partial charge on any atom is 0.307 e. The molecule has 266 valence electrons. The second-order valence-electron chi connectivity index (χ2n) is 14.1. The third-order valence-electron chi connectivity index (χ3n) is 8.73. The number of aromatic nitrogens is 2. The van der Waals surface area contributed by atoms with Crippen LogP contribution in [0.5, 0.6) is 5.75 Å². The number of carbonyl (C=O) groups is 1. The van der Waals surface area contributed by atoms with Gasteiger partial charge >= 0.3 is 5.97 Å². The summed E-state index contributed by atoms with van der Waals surface area (Å²) in [5.74, 6) is -0.676. The Morgan fingerprint density at radius 2 is 1.71 bits per heavy atom. The van der Waals surface area contributed by atoms with E-state index in [9.17, 15) is 9.90 Å². The SMILES string of the molecule is CC.CC(C)(C)O.Cc1cn2nc3cc2c(c1CC(=O)O)N1CCC(C)(CC1)OCCCC[C@H](C)Oc1cccc(F)c1-c1cccc-3c1. The Balaban J connectivity index is 0.000000710. The number of aryl methyl sites for hydroxylation is 1. The highest BCUT2D eigenvalue weighted by Gasteiger charge is 2.33. The zero-order chi connectivity index (χ0) is 35.9. The number of carboxylic acids is 1. The maximum atomic E-state index is 15.3. The molecule has 0 aliphatic carbocycles. The molecule has 4 aromatic rings. The molecule has 0 amide bonds. The molecule has 7 rings (SSSR count). The van der Waals surface area contributed by atoms with E-state index in [-0.39, 0.29) is 23.9 Å². The molecule has 0 spiro atoms. The van der Waals surface area contributed by atoms with E-state index in [1.165, 1.54) is 6.07 Å². The van der Waals surface area contributed by atoms with Gasteiger partial charge < -0.3 is 24.6 Å². The Morgan fingerprint density at radius 1 is 1.06 bits per heavy atom. The highest BCUT2D eigenvalue weighted by molar-refractivity contribution is 5.86. The number of rotatable bonds is 2. The van der Waals surface area contributed by atoms with Gasteiger partial charge in [-0.2, -0.15) is 5.10 Å². The van der Waals surface area contributed by atoms with E-state index in [0.717, 1.165) is 78.8 Å². The molecule has 5 heterocycles. The smallest absolute Gasteiger partial charge is 0.307 e. The third kappa shape index (κ3) is 9.82. The van der Waals surface area contributed by atoms with Crippen LogP contribution < -0.4 is 9.64 Å². The van der Waals surface area contributed by atoms with E-state index in [1.54, 1.807) is 26.8 Å². The summed E-state index contributed by atoms with van der Waals surface area (Å²) < 4.78 is 29.9. The summed E-state index contributed by atoms with van der Waals surface area (Å²) in [6.45, 7) is 17.6. The van der Waals surface area contributed by atoms with Crippen LogP contribution >= 0.6 is 0 Å². The molecule has 1 saturated heterocycles. The van der Waals surface area contributed by atoms with E-state index in [4.69, 9.17) is 19.7 Å². The van der Waals surface area contributed by atoms with Crippen molar-refractivity contribution >= 4 is 17.2 Å². The standard InChI is InChI=1S/C34H38FN3O4.C4H10O.C2H6/c1-22-21-38-29-20-28(36-38)24-9-6-10-25(18-24)32-27(35)11-7-12-30(32)42-23(2)8-4-5-17-41-34(3)13-15-37(16-14-34)33(29)26(22)19-31(39)40;1-4(2,3)5;1-2/h6-7,9-12,18,20-21,23H,4-5,8,13-17,19H2,1-3H3,(H,39,40);5H,1-3H3;1-2H3/t23-;;/m0../s1. The van der Waals surface area contributed by atoms with Crippen LogP contribution in [0.1, 0.15) is 91.7 Å². The summed E-state index contributed by atoms with van der Waals surface area (Å²) in [6, 6.07) is 14.7. The Morgan fingerprint density at radius 3 is 2.39 bits per heavy atom. The highest BCUT2D eigenvalue weighted by Crippen LogP contribution is 2.39. The maximum absolute atomic E-state index is 15.3. The van der Waals surface area contributed by atoms with Crippen LogP contribution in [0.2, 0.25) is 0 Å². The average molecular weight is 676 g/mol. The van der Waals surface area contributed by atoms with Gasteiger partial charge in [0.05, 0.1) is 46.2 Å². The van der Waals surface area contributed by atoms with Crippen LogP contribution in [0.3, 0.4) is 0 Å². The van der Waals surface area contributed by atoms with Gasteiger partial charge in [-0.1, -0.05) is 38.1 Å². The Bertz CT molecular complexity index is 1710. The van der Waals surface area contributed by atoms with Gasteiger partial charge in [0.15, 0.2) is 0 Å². The number of pyridine rings is 1. The number of piperidine rings is 1. The first-order valence-corrected chi connectivity index (χ1v) is 17.6. The number of hydrogen-bond donors (Lipinski definition) is 2. The number of hydrogen-bond acceptors (Lipinski definition) is 6. The number of anilines is 1. The fourth-order valence-electron chi connectivity index (χ4n) is 6.33. The van der Waals surface area contributed by atoms with E-state index < -0.39 is 11.6 Å². The number of aliphatic hydroxyl groups is 1. The predicted molar refractivity (Wildman–Crippen MR) is 195 cm³/mol. The van der Waals surface area contributed by atoms with Crippen molar-refractivity contribution in [2.75, 3.05) is 24.6 Å². The molecule has 9 heteroatoms. The summed E-state index contributed by atoms with van der Waals surface area (Å²) in [6.07, 6.45) is 6.19. The molecular weight excluding hydrogens is 621 g/mol. The van der Waals surface area contributed by atoms with Gasteiger partial charge in [0.2, 0.25) is 0 Å². The van der Waals surface area contributed by atoms with Crippen molar-refractivity contribution in [3.05, 3.63) is 71.7 Å². The first-order valence-electron chi connectivity index (χ1n) is 17.6. The van der Waals surface area contributed by atoms with Crippen molar-refractivity contribution in [3.8, 4) is 28.1 Å². The molecular formula is C40H54FN3O5. The monoisotopic (exact) mass is 675 g/mol. The quantitative estimate of drug-likeness (QED) is 0.219. The van der Waals surface area contributed by atoms with Crippen molar-refractivity contribution in [2.24, 2.45) is 0 Å². The molecule has 0 unspecified atom stereocenters. The fourth-order valence-corrected chi connectivity index (χ4v) is 6.33. The van der Waals surface area contributed by atoms with Crippen LogP contribution in [-0.2, 0) is 16.0 Å². The second-order valence-corrected chi connectivity index (χ2v) is 14.1. The Hall–Kier alpha value is -3.95. The lowest BCUT2D eigenvalue weighted by Crippen LogP contribution is -2.45. The van der Waals surface area contributed by atoms with Crippen molar-refractivity contribution in [3.63, 3.8) is 0 Å². The minimum absolute atomic E-state index is 0.0631. The number of nitrogens with zero attached hydrogens (tertiary/aromatic N) is 3. The van der Waals surface area contributed by atoms with Crippen molar-refractivity contribution in [1.82, 2.24) is 9.61 Å². The molecule has 0 radical (unpaired) electrons. The number of carboxylic acid groups (broad SMARTS) is 1. The van der Waals surface area contributed by atoms with E-state index in [1.807, 2.05) is 74.8 Å². The summed E-state index contributed by atoms with van der Waals surface area (Å²) in [5, 5.41) is 23.2. The van der Waals surface area contributed by atoms with Gasteiger partial charge in [0.1, 0.15) is 11.6 Å². The Kier molecular flexibility index (Phi) is 12.5. The first kappa shape index (κ1) is 37.9. The number of halogens is 1. The van der Waals surface area contributed by atoms with Gasteiger partial charge in [-0.3, -0.25) is 4.79 Å². The average Bonchev–Trinajstić information content (AvgIpc) is 3.45. The lowest BCUT2D eigenvalue weighted by Gasteiger charge is -2.41. The molecule has 1 atom stereocenters. The number of aliphatic carboxylic acids is 1. The van der Waals surface area contributed by atoms with Crippen molar-refractivity contribution in [1.29, 1.82) is 0 Å². The molecule has 2 aromatic heterocycles. The molecule has 2 N–H and O–H groups in total. The van der Waals surface area contributed by atoms with Gasteiger partial charge in [0.25, 0.3) is 0 Å². The zero-order valence-electron chi connectivity index (χ0n) is 30.5. The van der Waals surface area contributed by atoms with Crippen LogP contribution in [0.4, 0.5) is 10.1 Å². The fraction of sp³-hybridized carbons (Fsp3) is 0.500. The zero-order valence-corrected chi connectivity index (χ0v) is 30.5. The van der Waals surface area contributed by atoms with Crippen LogP contribution in [-0.4, -0.2) is 62.8 Å². The predicted octanol–water partition coefficient (Wildman–Crippen LogP) is 8.87. The topological polar surface area (TPSA) is 96.5 Å². The van der Waals surface area contributed by atoms with Gasteiger partial charge in [-0.05, 0) is 115 Å². The molecule has 1 fully saturated rings. The summed E-state index contributed by atoms with van der Waals surface area (Å²) in [5.41, 5.74) is 5.47. The molecule has 3 aliphatic rings. The summed E-state index contributed by atoms with van der Waals surface area (Å²) in [7, 11) is 0. The van der Waals surface area contributed by atoms with E-state index in [2.05, 4.69) is 11.8 Å². The minimum Gasteiger partial charge on any atom is -0.490 e. The van der Waals surface area contributed by atoms with Gasteiger partial charge in [0, 0.05) is 31.5 Å². The summed E-state index contributed by atoms with van der Waals surface area (Å²) in [4.78, 5) is 14.2. The highest BCUT2D eigenvalue weighted by atomic mass is 19.1. The third-order valence-corrected chi connectivity index (χ3v) is 8.73. The largest absolute Gasteiger partial charge is 0.490 e. The molecule has 2 aromatic carbocycles. The second kappa shape index (κ2) is 16.2. The molecule has 3 aliphatic heterocycles. The Labute approximate surface area is 290 Å². The number of ether oxygens (including phenoxy) is 2. The van der Waals surface area contributed by atoms with Crippen LogP contribution in [0.25, 0.3) is 27.9 Å².